The molecule has 0 saturated heterocycles. The summed E-state index contributed by atoms with van der Waals surface area (Å²) in [4.78, 5) is 13.0. The van der Waals surface area contributed by atoms with E-state index in [0.29, 0.717) is 59.8 Å². The first-order valence-corrected chi connectivity index (χ1v) is 10.0. The summed E-state index contributed by atoms with van der Waals surface area (Å²) in [5.74, 6) is 2.14. The van der Waals surface area contributed by atoms with Crippen LogP contribution >= 0.6 is 11.8 Å². The van der Waals surface area contributed by atoms with E-state index in [-0.39, 0.29) is 5.56 Å². The lowest BCUT2D eigenvalue weighted by atomic mass is 10.2. The van der Waals surface area contributed by atoms with Crippen molar-refractivity contribution in [1.29, 1.82) is 0 Å². The van der Waals surface area contributed by atoms with E-state index in [1.54, 1.807) is 11.7 Å². The Kier molecular flexibility index (Phi) is 5.40. The second-order valence-electron chi connectivity index (χ2n) is 6.17. The lowest BCUT2D eigenvalue weighted by molar-refractivity contribution is 0.190. The molecule has 0 radical (unpaired) electrons. The lowest BCUT2D eigenvalue weighted by Gasteiger charge is -2.10. The molecule has 0 saturated carbocycles. The highest BCUT2D eigenvalue weighted by molar-refractivity contribution is 7.98. The van der Waals surface area contributed by atoms with Crippen LogP contribution in [0.25, 0.3) is 16.7 Å². The molecule has 0 aliphatic rings. The van der Waals surface area contributed by atoms with Crippen molar-refractivity contribution in [3.8, 4) is 0 Å². The van der Waals surface area contributed by atoms with Crippen LogP contribution in [-0.2, 0) is 23.5 Å². The summed E-state index contributed by atoms with van der Waals surface area (Å²) in [6, 6.07) is 7.48. The number of hydrogen-bond donors (Lipinski definition) is 0. The van der Waals surface area contributed by atoms with Crippen LogP contribution in [0.5, 0.6) is 0 Å². The van der Waals surface area contributed by atoms with Crippen molar-refractivity contribution in [2.45, 2.75) is 37.2 Å². The van der Waals surface area contributed by atoms with E-state index in [4.69, 9.17) is 9.15 Å². The number of methoxy groups -OCH3 is 1. The van der Waals surface area contributed by atoms with E-state index in [9.17, 15) is 4.79 Å². The fourth-order valence-corrected chi connectivity index (χ4v) is 3.79. The van der Waals surface area contributed by atoms with Crippen LogP contribution in [0, 0.1) is 0 Å². The zero-order valence-electron chi connectivity index (χ0n) is 15.7. The topological polar surface area (TPSA) is 100 Å². The third kappa shape index (κ3) is 3.40. The molecule has 0 unspecified atom stereocenters. The van der Waals surface area contributed by atoms with Crippen molar-refractivity contribution >= 4 is 28.4 Å². The first-order chi connectivity index (χ1) is 13.7. The van der Waals surface area contributed by atoms with Gasteiger partial charge < -0.3 is 9.15 Å². The van der Waals surface area contributed by atoms with Crippen molar-refractivity contribution in [2.75, 3.05) is 13.7 Å². The maximum atomic E-state index is 13.0. The van der Waals surface area contributed by atoms with E-state index in [0.717, 1.165) is 5.52 Å². The second kappa shape index (κ2) is 8.11. The molecule has 0 atom stereocenters. The number of para-hydroxylation sites is 1. The first kappa shape index (κ1) is 18.6. The molecule has 28 heavy (non-hydrogen) atoms. The van der Waals surface area contributed by atoms with Gasteiger partial charge in [0, 0.05) is 26.7 Å². The van der Waals surface area contributed by atoms with Crippen molar-refractivity contribution in [3.05, 3.63) is 46.4 Å². The maximum absolute atomic E-state index is 13.0. The molecule has 0 aliphatic carbocycles. The van der Waals surface area contributed by atoms with E-state index >= 15 is 0 Å². The van der Waals surface area contributed by atoms with Crippen LogP contribution in [0.1, 0.15) is 25.1 Å². The molecule has 4 rings (SSSR count). The molecule has 146 valence electrons. The van der Waals surface area contributed by atoms with Gasteiger partial charge in [0.2, 0.25) is 17.6 Å². The van der Waals surface area contributed by atoms with E-state index in [2.05, 4.69) is 20.4 Å². The van der Waals surface area contributed by atoms with Gasteiger partial charge in [-0.05, 0) is 18.6 Å². The highest BCUT2D eigenvalue weighted by atomic mass is 32.2. The average molecular weight is 400 g/mol. The van der Waals surface area contributed by atoms with Crippen LogP contribution in [0.4, 0.5) is 0 Å². The smallest absolute Gasteiger partial charge is 0.262 e. The van der Waals surface area contributed by atoms with Crippen LogP contribution in [0.15, 0.2) is 38.6 Å². The second-order valence-corrected chi connectivity index (χ2v) is 7.11. The largest absolute Gasteiger partial charge is 0.424 e. The van der Waals surface area contributed by atoms with Gasteiger partial charge in [-0.25, -0.2) is 0 Å². The molecule has 0 aliphatic heterocycles. The summed E-state index contributed by atoms with van der Waals surface area (Å²) in [6.07, 6.45) is 1.41. The Morgan fingerprint density at radius 1 is 1.14 bits per heavy atom. The molecule has 4 aromatic rings. The van der Waals surface area contributed by atoms with Gasteiger partial charge in [0.05, 0.1) is 16.7 Å². The number of fused-ring (bicyclic) bond motifs is 3. The number of hydrogen-bond acceptors (Lipinski definition) is 8. The van der Waals surface area contributed by atoms with E-state index in [1.807, 2.05) is 35.6 Å². The fourth-order valence-electron chi connectivity index (χ4n) is 3.01. The zero-order valence-corrected chi connectivity index (χ0v) is 16.5. The molecule has 0 amide bonds. The Morgan fingerprint density at radius 3 is 2.75 bits per heavy atom. The number of aromatic nitrogens is 6. The van der Waals surface area contributed by atoms with E-state index in [1.165, 1.54) is 11.8 Å². The van der Waals surface area contributed by atoms with Crippen LogP contribution in [0.3, 0.4) is 0 Å². The van der Waals surface area contributed by atoms with Gasteiger partial charge in [-0.1, -0.05) is 30.8 Å². The quantitative estimate of drug-likeness (QED) is 0.328. The average Bonchev–Trinajstić information content (AvgIpc) is 3.36. The number of rotatable bonds is 8. The van der Waals surface area contributed by atoms with Crippen LogP contribution in [-0.4, -0.2) is 43.1 Å². The number of ether oxygens (including phenoxy) is 1. The van der Waals surface area contributed by atoms with Gasteiger partial charge >= 0.3 is 0 Å². The molecule has 10 heteroatoms. The number of benzene rings is 1. The normalized spacial score (nSPS) is 11.6. The van der Waals surface area contributed by atoms with Crippen molar-refractivity contribution in [2.24, 2.45) is 0 Å². The third-order valence-electron chi connectivity index (χ3n) is 4.34. The molecule has 0 spiro atoms. The lowest BCUT2D eigenvalue weighted by Crippen LogP contribution is -2.24. The first-order valence-electron chi connectivity index (χ1n) is 9.02. The fraction of sp³-hybridized carbons (Fsp3) is 0.389. The molecule has 0 N–H and O–H groups in total. The Hall–Kier alpha value is -2.72. The van der Waals surface area contributed by atoms with E-state index < -0.39 is 0 Å². The number of thioether (sulfide) groups is 1. The van der Waals surface area contributed by atoms with Crippen molar-refractivity contribution in [3.63, 3.8) is 0 Å². The minimum Gasteiger partial charge on any atom is -0.424 e. The SMILES string of the molecule is CCc1nnc(CSc2nnc3n(CCCOC)c(=O)c4ccccc4n23)o1. The zero-order chi connectivity index (χ0) is 19.5. The standard InChI is InChI=1S/C18H20N6O3S/c1-3-14-19-20-15(27-14)11-28-18-22-21-17-23(9-6-10-26-2)16(25)12-7-4-5-8-13(12)24(17)18/h4-5,7-8H,3,6,9-11H2,1-2H3. The highest BCUT2D eigenvalue weighted by Crippen LogP contribution is 2.24. The molecule has 0 bridgehead atoms. The van der Waals surface area contributed by atoms with Gasteiger partial charge in [0.1, 0.15) is 0 Å². The number of aryl methyl sites for hydroxylation is 2. The van der Waals surface area contributed by atoms with Crippen molar-refractivity contribution in [1.82, 2.24) is 29.4 Å². The van der Waals surface area contributed by atoms with Gasteiger partial charge in [0.25, 0.3) is 5.56 Å². The summed E-state index contributed by atoms with van der Waals surface area (Å²) in [7, 11) is 1.64. The predicted octanol–water partition coefficient (Wildman–Crippen LogP) is 2.32. The molecule has 9 nitrogen and oxygen atoms in total. The summed E-state index contributed by atoms with van der Waals surface area (Å²) in [5, 5.41) is 17.9. The Balaban J connectivity index is 1.76. The van der Waals surface area contributed by atoms with Crippen molar-refractivity contribution < 1.29 is 9.15 Å². The van der Waals surface area contributed by atoms with Crippen LogP contribution < -0.4 is 5.56 Å². The third-order valence-corrected chi connectivity index (χ3v) is 5.26. The Labute approximate surface area is 164 Å². The minimum atomic E-state index is -0.0763. The summed E-state index contributed by atoms with van der Waals surface area (Å²) >= 11 is 1.44. The molecule has 1 aromatic carbocycles. The molecule has 3 heterocycles. The Bertz CT molecular complexity index is 1170. The maximum Gasteiger partial charge on any atom is 0.262 e. The van der Waals surface area contributed by atoms with Gasteiger partial charge in [0.15, 0.2) is 5.16 Å². The summed E-state index contributed by atoms with van der Waals surface area (Å²) in [6.45, 7) is 3.04. The molecular formula is C18H20N6O3S. The van der Waals surface area contributed by atoms with Gasteiger partial charge in [-0.3, -0.25) is 13.8 Å². The minimum absolute atomic E-state index is 0.0763. The highest BCUT2D eigenvalue weighted by Gasteiger charge is 2.17. The Morgan fingerprint density at radius 2 is 1.96 bits per heavy atom. The number of nitrogens with zero attached hydrogens (tertiary/aromatic N) is 6. The summed E-state index contributed by atoms with van der Waals surface area (Å²) < 4.78 is 14.3. The molecular weight excluding hydrogens is 380 g/mol. The van der Waals surface area contributed by atoms with Gasteiger partial charge in [-0.2, -0.15) is 0 Å². The molecule has 0 fully saturated rings. The summed E-state index contributed by atoms with van der Waals surface area (Å²) in [5.41, 5.74) is 0.699. The predicted molar refractivity (Wildman–Crippen MR) is 104 cm³/mol. The van der Waals surface area contributed by atoms with Gasteiger partial charge in [-0.15, -0.1) is 20.4 Å². The molecule has 3 aromatic heterocycles. The van der Waals surface area contributed by atoms with Crippen LogP contribution in [0.2, 0.25) is 0 Å². The monoisotopic (exact) mass is 400 g/mol.